The summed E-state index contributed by atoms with van der Waals surface area (Å²) in [6, 6.07) is 0. The highest BCUT2D eigenvalue weighted by molar-refractivity contribution is 5.84. The highest BCUT2D eigenvalue weighted by Crippen LogP contribution is 2.42. The largest absolute Gasteiger partial charge is 0.342 e. The first-order chi connectivity index (χ1) is 6.78. The third-order valence-corrected chi connectivity index (χ3v) is 3.67. The van der Waals surface area contributed by atoms with Crippen LogP contribution in [-0.2, 0) is 4.79 Å². The minimum Gasteiger partial charge on any atom is -0.342 e. The normalized spacial score (nSPS) is 24.8. The van der Waals surface area contributed by atoms with Crippen molar-refractivity contribution in [1.29, 1.82) is 0 Å². The molecular weight excluding hydrogens is 176 g/mol. The van der Waals surface area contributed by atoms with Crippen molar-refractivity contribution in [2.75, 3.05) is 26.7 Å². The summed E-state index contributed by atoms with van der Waals surface area (Å²) in [5.41, 5.74) is -0.0287. The van der Waals surface area contributed by atoms with E-state index in [9.17, 15) is 4.79 Å². The first-order valence-corrected chi connectivity index (χ1v) is 5.72. The molecule has 14 heavy (non-hydrogen) atoms. The van der Waals surface area contributed by atoms with Gasteiger partial charge in [-0.1, -0.05) is 6.42 Å². The van der Waals surface area contributed by atoms with Gasteiger partial charge in [0.25, 0.3) is 0 Å². The van der Waals surface area contributed by atoms with Crippen LogP contribution in [0.2, 0.25) is 0 Å². The molecule has 0 aromatic heterocycles. The average Bonchev–Trinajstić information content (AvgIpc) is 2.62. The van der Waals surface area contributed by atoms with E-state index in [1.807, 2.05) is 7.05 Å². The molecule has 0 aromatic rings. The van der Waals surface area contributed by atoms with Crippen LogP contribution in [0.5, 0.6) is 0 Å². The Bertz CT molecular complexity index is 217. The van der Waals surface area contributed by atoms with Crippen LogP contribution in [0.1, 0.15) is 32.1 Å². The van der Waals surface area contributed by atoms with Gasteiger partial charge in [-0.25, -0.2) is 0 Å². The van der Waals surface area contributed by atoms with Gasteiger partial charge in [-0.05, 0) is 32.7 Å². The first-order valence-electron chi connectivity index (χ1n) is 5.72. The smallest absolute Gasteiger partial charge is 0.230 e. The van der Waals surface area contributed by atoms with Gasteiger partial charge < -0.3 is 10.2 Å². The first kappa shape index (κ1) is 9.97. The van der Waals surface area contributed by atoms with E-state index in [0.29, 0.717) is 5.91 Å². The second kappa shape index (κ2) is 3.89. The maximum absolute atomic E-state index is 12.2. The Morgan fingerprint density at radius 1 is 1.29 bits per heavy atom. The third-order valence-electron chi connectivity index (χ3n) is 3.67. The van der Waals surface area contributed by atoms with E-state index >= 15 is 0 Å². The van der Waals surface area contributed by atoms with Crippen molar-refractivity contribution in [1.82, 2.24) is 10.2 Å². The highest BCUT2D eigenvalue weighted by Gasteiger charge is 2.45. The summed E-state index contributed by atoms with van der Waals surface area (Å²) >= 11 is 0. The molecule has 2 fully saturated rings. The molecule has 3 heteroatoms. The van der Waals surface area contributed by atoms with Gasteiger partial charge in [-0.2, -0.15) is 0 Å². The molecule has 0 unspecified atom stereocenters. The predicted octanol–water partition coefficient (Wildman–Crippen LogP) is 0.998. The number of hydrogen-bond acceptors (Lipinski definition) is 2. The standard InChI is InChI=1S/C11H20N2O/c1-12-9-11(5-4-6-11)10(14)13-7-2-3-8-13/h12H,2-9H2,1H3. The van der Waals surface area contributed by atoms with Crippen molar-refractivity contribution in [3.8, 4) is 0 Å². The van der Waals surface area contributed by atoms with Crippen molar-refractivity contribution < 1.29 is 4.79 Å². The van der Waals surface area contributed by atoms with Gasteiger partial charge in [-0.15, -0.1) is 0 Å². The third kappa shape index (κ3) is 1.54. The molecular formula is C11H20N2O. The molecule has 1 heterocycles. The quantitative estimate of drug-likeness (QED) is 0.730. The van der Waals surface area contributed by atoms with Crippen molar-refractivity contribution in [3.05, 3.63) is 0 Å². The predicted molar refractivity (Wildman–Crippen MR) is 56.0 cm³/mol. The lowest BCUT2D eigenvalue weighted by molar-refractivity contribution is -0.145. The van der Waals surface area contributed by atoms with Gasteiger partial charge >= 0.3 is 0 Å². The van der Waals surface area contributed by atoms with Gasteiger partial charge in [0.2, 0.25) is 5.91 Å². The van der Waals surface area contributed by atoms with Crippen molar-refractivity contribution >= 4 is 5.91 Å². The zero-order chi connectivity index (χ0) is 10.0. The molecule has 1 aliphatic heterocycles. The van der Waals surface area contributed by atoms with Crippen LogP contribution in [0.15, 0.2) is 0 Å². The van der Waals surface area contributed by atoms with E-state index in [4.69, 9.17) is 0 Å². The molecule has 0 spiro atoms. The van der Waals surface area contributed by atoms with Crippen LogP contribution >= 0.6 is 0 Å². The Kier molecular flexibility index (Phi) is 2.77. The topological polar surface area (TPSA) is 32.3 Å². The molecule has 0 bridgehead atoms. The maximum Gasteiger partial charge on any atom is 0.230 e. The summed E-state index contributed by atoms with van der Waals surface area (Å²) in [6.07, 6.45) is 5.79. The van der Waals surface area contributed by atoms with Gasteiger partial charge in [0.1, 0.15) is 0 Å². The Morgan fingerprint density at radius 2 is 1.93 bits per heavy atom. The lowest BCUT2D eigenvalue weighted by atomic mass is 9.67. The van der Waals surface area contributed by atoms with Crippen LogP contribution in [0.4, 0.5) is 0 Å². The molecule has 1 aliphatic carbocycles. The fraction of sp³-hybridized carbons (Fsp3) is 0.909. The molecule has 0 aromatic carbocycles. The fourth-order valence-corrected chi connectivity index (χ4v) is 2.66. The van der Waals surface area contributed by atoms with E-state index in [0.717, 1.165) is 32.5 Å². The second-order valence-electron chi connectivity index (χ2n) is 4.66. The summed E-state index contributed by atoms with van der Waals surface area (Å²) in [5.74, 6) is 0.413. The summed E-state index contributed by atoms with van der Waals surface area (Å²) < 4.78 is 0. The molecule has 0 atom stereocenters. The molecule has 80 valence electrons. The number of nitrogens with one attached hydrogen (secondary N) is 1. The van der Waals surface area contributed by atoms with E-state index in [1.54, 1.807) is 0 Å². The summed E-state index contributed by atoms with van der Waals surface area (Å²) in [5, 5.41) is 3.17. The Labute approximate surface area is 85.8 Å². The van der Waals surface area contributed by atoms with Gasteiger partial charge in [-0.3, -0.25) is 4.79 Å². The summed E-state index contributed by atoms with van der Waals surface area (Å²) in [6.45, 7) is 2.84. The van der Waals surface area contributed by atoms with E-state index in [2.05, 4.69) is 10.2 Å². The maximum atomic E-state index is 12.2. The highest BCUT2D eigenvalue weighted by atomic mass is 16.2. The van der Waals surface area contributed by atoms with Crippen LogP contribution < -0.4 is 5.32 Å². The molecule has 1 saturated carbocycles. The molecule has 1 saturated heterocycles. The van der Waals surface area contributed by atoms with Crippen molar-refractivity contribution in [3.63, 3.8) is 0 Å². The second-order valence-corrected chi connectivity index (χ2v) is 4.66. The SMILES string of the molecule is CNCC1(C(=O)N2CCCC2)CCC1. The van der Waals surface area contributed by atoms with Crippen molar-refractivity contribution in [2.24, 2.45) is 5.41 Å². The Hall–Kier alpha value is -0.570. The van der Waals surface area contributed by atoms with Crippen LogP contribution in [0.25, 0.3) is 0 Å². The number of carbonyl (C=O) groups is 1. The molecule has 2 aliphatic rings. The monoisotopic (exact) mass is 196 g/mol. The lowest BCUT2D eigenvalue weighted by Crippen LogP contribution is -2.51. The molecule has 1 N–H and O–H groups in total. The lowest BCUT2D eigenvalue weighted by Gasteiger charge is -2.42. The van der Waals surface area contributed by atoms with Crippen LogP contribution in [-0.4, -0.2) is 37.5 Å². The average molecular weight is 196 g/mol. The van der Waals surface area contributed by atoms with Crippen LogP contribution in [0.3, 0.4) is 0 Å². The number of carbonyl (C=O) groups excluding carboxylic acids is 1. The van der Waals surface area contributed by atoms with E-state index < -0.39 is 0 Å². The molecule has 3 nitrogen and oxygen atoms in total. The molecule has 1 amide bonds. The van der Waals surface area contributed by atoms with Gasteiger partial charge in [0, 0.05) is 19.6 Å². The number of nitrogens with zero attached hydrogens (tertiary/aromatic N) is 1. The van der Waals surface area contributed by atoms with Gasteiger partial charge in [0.05, 0.1) is 5.41 Å². The Balaban J connectivity index is 1.99. The number of hydrogen-bond donors (Lipinski definition) is 1. The van der Waals surface area contributed by atoms with Gasteiger partial charge in [0.15, 0.2) is 0 Å². The molecule has 2 rings (SSSR count). The summed E-state index contributed by atoms with van der Waals surface area (Å²) in [7, 11) is 1.94. The van der Waals surface area contributed by atoms with Crippen molar-refractivity contribution in [2.45, 2.75) is 32.1 Å². The minimum absolute atomic E-state index is 0.0287. The van der Waals surface area contributed by atoms with E-state index in [1.165, 1.54) is 19.3 Å². The molecule has 0 radical (unpaired) electrons. The fourth-order valence-electron chi connectivity index (χ4n) is 2.66. The van der Waals surface area contributed by atoms with Crippen LogP contribution in [0, 0.1) is 5.41 Å². The number of likely N-dealkylation sites (tertiary alicyclic amines) is 1. The zero-order valence-electron chi connectivity index (χ0n) is 9.01. The Morgan fingerprint density at radius 3 is 2.36 bits per heavy atom. The zero-order valence-corrected chi connectivity index (χ0v) is 9.01. The minimum atomic E-state index is -0.0287. The number of rotatable bonds is 3. The number of amides is 1. The summed E-state index contributed by atoms with van der Waals surface area (Å²) in [4.78, 5) is 14.3. The van der Waals surface area contributed by atoms with E-state index in [-0.39, 0.29) is 5.41 Å².